The summed E-state index contributed by atoms with van der Waals surface area (Å²) in [5, 5.41) is 21.4. The number of nitro groups is 1. The fourth-order valence-electron chi connectivity index (χ4n) is 2.38. The van der Waals surface area contributed by atoms with Gasteiger partial charge in [0.1, 0.15) is 10.8 Å². The van der Waals surface area contributed by atoms with Crippen LogP contribution < -0.4 is 10.1 Å². The van der Waals surface area contributed by atoms with Crippen molar-refractivity contribution in [1.82, 2.24) is 10.2 Å². The Morgan fingerprint density at radius 2 is 1.93 bits per heavy atom. The number of hydrogen-bond acceptors (Lipinski definition) is 9. The van der Waals surface area contributed by atoms with Crippen LogP contribution in [0.15, 0.2) is 53.4 Å². The van der Waals surface area contributed by atoms with Gasteiger partial charge in [0, 0.05) is 11.6 Å². The maximum atomic E-state index is 12.4. The second-order valence-corrected chi connectivity index (χ2v) is 8.72. The van der Waals surface area contributed by atoms with E-state index in [-0.39, 0.29) is 37.8 Å². The van der Waals surface area contributed by atoms with Gasteiger partial charge in [0.25, 0.3) is 5.91 Å². The average molecular weight is 434 g/mol. The van der Waals surface area contributed by atoms with Crippen molar-refractivity contribution in [2.24, 2.45) is 0 Å². The van der Waals surface area contributed by atoms with Crippen molar-refractivity contribution in [3.63, 3.8) is 0 Å². The van der Waals surface area contributed by atoms with E-state index in [1.54, 1.807) is 18.2 Å². The van der Waals surface area contributed by atoms with Gasteiger partial charge in [-0.15, -0.1) is 10.2 Å². The highest BCUT2D eigenvalue weighted by atomic mass is 32.2. The lowest BCUT2D eigenvalue weighted by molar-refractivity contribution is -0.385. The summed E-state index contributed by atoms with van der Waals surface area (Å²) in [6, 6.07) is 11.7. The summed E-state index contributed by atoms with van der Waals surface area (Å²) in [4.78, 5) is 22.9. The zero-order valence-corrected chi connectivity index (χ0v) is 16.6. The molecule has 0 fully saturated rings. The van der Waals surface area contributed by atoms with E-state index in [1.165, 1.54) is 31.4 Å². The number of sulfone groups is 1. The number of benzene rings is 2. The number of ether oxygens (including phenoxy) is 1. The Hall–Kier alpha value is -3.38. The molecule has 0 aliphatic heterocycles. The second-order valence-electron chi connectivity index (χ2n) is 5.67. The summed E-state index contributed by atoms with van der Waals surface area (Å²) < 4.78 is 29.7. The molecule has 2 aromatic carbocycles. The highest BCUT2D eigenvalue weighted by Crippen LogP contribution is 2.28. The number of hydrogen-bond donors (Lipinski definition) is 1. The van der Waals surface area contributed by atoms with E-state index >= 15 is 0 Å². The lowest BCUT2D eigenvalue weighted by Gasteiger charge is -2.04. The molecule has 1 heterocycles. The van der Waals surface area contributed by atoms with Gasteiger partial charge in [-0.1, -0.05) is 29.5 Å². The predicted molar refractivity (Wildman–Crippen MR) is 105 cm³/mol. The van der Waals surface area contributed by atoms with Crippen LogP contribution in [0.4, 0.5) is 10.8 Å². The lowest BCUT2D eigenvalue weighted by Crippen LogP contribution is -2.12. The molecule has 1 N–H and O–H groups in total. The van der Waals surface area contributed by atoms with Crippen LogP contribution in [0.2, 0.25) is 0 Å². The highest BCUT2D eigenvalue weighted by Gasteiger charge is 2.21. The minimum Gasteiger partial charge on any atom is -0.490 e. The quantitative estimate of drug-likeness (QED) is 0.442. The number of nitrogens with one attached hydrogen (secondary N) is 1. The minimum atomic E-state index is -3.60. The SMILES string of the molecule is COc1ccc(C(=O)Nc2nnc(CS(=O)(=O)c3ccccc3)s2)cc1[N+](=O)[O-]. The zero-order valence-electron chi connectivity index (χ0n) is 14.9. The first-order valence-corrected chi connectivity index (χ1v) is 10.5. The van der Waals surface area contributed by atoms with E-state index in [0.717, 1.165) is 17.4 Å². The topological polar surface area (TPSA) is 141 Å². The van der Waals surface area contributed by atoms with Crippen LogP contribution in [0.5, 0.6) is 5.75 Å². The van der Waals surface area contributed by atoms with Gasteiger partial charge in [0.2, 0.25) is 5.13 Å². The van der Waals surface area contributed by atoms with E-state index in [9.17, 15) is 23.3 Å². The Bertz CT molecular complexity index is 1160. The molecule has 0 radical (unpaired) electrons. The molecule has 0 saturated heterocycles. The molecule has 150 valence electrons. The molecule has 1 aromatic heterocycles. The largest absolute Gasteiger partial charge is 0.490 e. The van der Waals surface area contributed by atoms with E-state index in [4.69, 9.17) is 4.74 Å². The summed E-state index contributed by atoms with van der Waals surface area (Å²) in [6.45, 7) is 0. The Kier molecular flexibility index (Phi) is 5.84. The Balaban J connectivity index is 1.74. The fraction of sp³-hybridized carbons (Fsp3) is 0.118. The van der Waals surface area contributed by atoms with Crippen LogP contribution in [0.3, 0.4) is 0 Å². The summed E-state index contributed by atoms with van der Waals surface area (Å²) in [5.41, 5.74) is -0.335. The number of carbonyl (C=O) groups is 1. The van der Waals surface area contributed by atoms with Crippen LogP contribution in [0.1, 0.15) is 15.4 Å². The maximum Gasteiger partial charge on any atom is 0.311 e. The van der Waals surface area contributed by atoms with Gasteiger partial charge in [-0.2, -0.15) is 0 Å². The van der Waals surface area contributed by atoms with Crippen LogP contribution in [-0.4, -0.2) is 36.6 Å². The van der Waals surface area contributed by atoms with Crippen molar-refractivity contribution in [2.75, 3.05) is 12.4 Å². The van der Waals surface area contributed by atoms with Crippen molar-refractivity contribution in [3.05, 3.63) is 69.2 Å². The molecule has 0 atom stereocenters. The van der Waals surface area contributed by atoms with Crippen LogP contribution in [0, 0.1) is 10.1 Å². The predicted octanol–water partition coefficient (Wildman–Crippen LogP) is 2.68. The number of nitrogens with zero attached hydrogens (tertiary/aromatic N) is 3. The van der Waals surface area contributed by atoms with Gasteiger partial charge in [-0.05, 0) is 24.3 Å². The van der Waals surface area contributed by atoms with Crippen molar-refractivity contribution >= 4 is 37.9 Å². The summed E-state index contributed by atoms with van der Waals surface area (Å²) in [6.07, 6.45) is 0. The first-order chi connectivity index (χ1) is 13.8. The maximum absolute atomic E-state index is 12.4. The molecule has 0 bridgehead atoms. The average Bonchev–Trinajstić information content (AvgIpc) is 3.14. The van der Waals surface area contributed by atoms with Gasteiger partial charge in [-0.25, -0.2) is 8.42 Å². The van der Waals surface area contributed by atoms with Crippen LogP contribution >= 0.6 is 11.3 Å². The molecule has 12 heteroatoms. The third-order valence-corrected chi connectivity index (χ3v) is 6.41. The number of rotatable bonds is 7. The van der Waals surface area contributed by atoms with Gasteiger partial charge < -0.3 is 4.74 Å². The number of nitro benzene ring substituents is 1. The van der Waals surface area contributed by atoms with E-state index in [0.29, 0.717) is 0 Å². The third-order valence-electron chi connectivity index (χ3n) is 3.74. The number of anilines is 1. The molecule has 0 saturated carbocycles. The van der Waals surface area contributed by atoms with Crippen molar-refractivity contribution in [1.29, 1.82) is 0 Å². The highest BCUT2D eigenvalue weighted by molar-refractivity contribution is 7.90. The van der Waals surface area contributed by atoms with Gasteiger partial charge >= 0.3 is 5.69 Å². The standard InChI is InChI=1S/C17H14N4O6S2/c1-27-14-8-7-11(9-13(14)21(23)24)16(22)18-17-20-19-15(28-17)10-29(25,26)12-5-3-2-4-6-12/h2-9H,10H2,1H3,(H,18,20,22). The van der Waals surface area contributed by atoms with Gasteiger partial charge in [-0.3, -0.25) is 20.2 Å². The first kappa shape index (κ1) is 20.4. The van der Waals surface area contributed by atoms with E-state index in [2.05, 4.69) is 15.5 Å². The molecule has 10 nitrogen and oxygen atoms in total. The summed E-state index contributed by atoms with van der Waals surface area (Å²) in [5.74, 6) is -0.987. The Morgan fingerprint density at radius 3 is 2.59 bits per heavy atom. The molecule has 3 rings (SSSR count). The van der Waals surface area contributed by atoms with Crippen LogP contribution in [0.25, 0.3) is 0 Å². The third kappa shape index (κ3) is 4.73. The van der Waals surface area contributed by atoms with Crippen LogP contribution in [-0.2, 0) is 15.6 Å². The van der Waals surface area contributed by atoms with Crippen molar-refractivity contribution < 1.29 is 22.9 Å². The molecule has 0 aliphatic rings. The Morgan fingerprint density at radius 1 is 1.21 bits per heavy atom. The molecular formula is C17H14N4O6S2. The normalized spacial score (nSPS) is 11.1. The lowest BCUT2D eigenvalue weighted by atomic mass is 10.2. The van der Waals surface area contributed by atoms with Crippen molar-refractivity contribution in [3.8, 4) is 5.75 Å². The molecule has 29 heavy (non-hydrogen) atoms. The summed E-state index contributed by atoms with van der Waals surface area (Å²) >= 11 is 0.904. The molecule has 0 unspecified atom stereocenters. The summed E-state index contributed by atoms with van der Waals surface area (Å²) in [7, 11) is -2.31. The second kappa shape index (κ2) is 8.32. The van der Waals surface area contributed by atoms with Crippen molar-refractivity contribution in [2.45, 2.75) is 10.6 Å². The molecule has 0 aliphatic carbocycles. The first-order valence-electron chi connectivity index (χ1n) is 8.04. The number of carbonyl (C=O) groups excluding carboxylic acids is 1. The van der Waals surface area contributed by atoms with Gasteiger partial charge in [0.15, 0.2) is 15.6 Å². The van der Waals surface area contributed by atoms with E-state index in [1.807, 2.05) is 0 Å². The monoisotopic (exact) mass is 434 g/mol. The fourth-order valence-corrected chi connectivity index (χ4v) is 4.73. The number of amides is 1. The molecular weight excluding hydrogens is 420 g/mol. The van der Waals surface area contributed by atoms with Gasteiger partial charge in [0.05, 0.1) is 16.9 Å². The molecule has 1 amide bonds. The molecule has 0 spiro atoms. The van der Waals surface area contributed by atoms with E-state index < -0.39 is 20.7 Å². The number of methoxy groups -OCH3 is 1. The minimum absolute atomic E-state index is 0.0196. The molecule has 3 aromatic rings. The Labute approximate surface area is 169 Å². The zero-order chi connectivity index (χ0) is 21.0. The smallest absolute Gasteiger partial charge is 0.311 e. The number of aromatic nitrogens is 2.